The molecule has 1 saturated heterocycles. The van der Waals surface area contributed by atoms with Gasteiger partial charge in [-0.3, -0.25) is 4.79 Å². The lowest BCUT2D eigenvalue weighted by Crippen LogP contribution is -2.31. The van der Waals surface area contributed by atoms with Crippen LogP contribution in [-0.2, 0) is 0 Å². The highest BCUT2D eigenvalue weighted by atomic mass is 32.1. The number of hydrogen-bond acceptors (Lipinski definition) is 5. The highest BCUT2D eigenvalue weighted by molar-refractivity contribution is 7.09. The Kier molecular flexibility index (Phi) is 4.52. The van der Waals surface area contributed by atoms with Gasteiger partial charge in [0.15, 0.2) is 0 Å². The van der Waals surface area contributed by atoms with Crippen molar-refractivity contribution in [3.05, 3.63) is 39.8 Å². The fraction of sp³-hybridized carbons (Fsp3) is 0.412. The molecule has 0 saturated carbocycles. The molecule has 6 heteroatoms. The van der Waals surface area contributed by atoms with E-state index in [0.717, 1.165) is 41.5 Å². The summed E-state index contributed by atoms with van der Waals surface area (Å²) in [5.74, 6) is 1.50. The number of aromatic nitrogens is 1. The third-order valence-corrected chi connectivity index (χ3v) is 4.92. The molecule has 1 atom stereocenters. The second-order valence-electron chi connectivity index (χ2n) is 5.52. The summed E-state index contributed by atoms with van der Waals surface area (Å²) in [6.45, 7) is 2.66. The van der Waals surface area contributed by atoms with Crippen LogP contribution in [0.5, 0.6) is 11.5 Å². The number of amides is 1. The molecule has 1 aromatic carbocycles. The predicted molar refractivity (Wildman–Crippen MR) is 89.4 cm³/mol. The second kappa shape index (κ2) is 6.58. The van der Waals surface area contributed by atoms with Crippen molar-refractivity contribution in [1.82, 2.24) is 9.88 Å². The number of carbonyl (C=O) groups excluding carboxylic acids is 1. The first-order chi connectivity index (χ1) is 11.1. The number of rotatable bonds is 4. The van der Waals surface area contributed by atoms with E-state index < -0.39 is 0 Å². The molecule has 0 aliphatic carbocycles. The number of benzene rings is 1. The summed E-state index contributed by atoms with van der Waals surface area (Å²) in [5.41, 5.74) is 1.55. The van der Waals surface area contributed by atoms with Crippen LogP contribution < -0.4 is 9.47 Å². The van der Waals surface area contributed by atoms with Gasteiger partial charge in [0, 0.05) is 23.6 Å². The van der Waals surface area contributed by atoms with Crippen LogP contribution in [0.25, 0.3) is 0 Å². The molecule has 122 valence electrons. The first kappa shape index (κ1) is 15.8. The molecule has 0 unspecified atom stereocenters. The van der Waals surface area contributed by atoms with E-state index in [0.29, 0.717) is 5.69 Å². The Morgan fingerprint density at radius 2 is 2.17 bits per heavy atom. The van der Waals surface area contributed by atoms with Crippen molar-refractivity contribution in [2.24, 2.45) is 0 Å². The van der Waals surface area contributed by atoms with Gasteiger partial charge in [-0.15, -0.1) is 11.3 Å². The number of carbonyl (C=O) groups is 1. The molecule has 1 amide bonds. The minimum absolute atomic E-state index is 0.00489. The standard InChI is InChI=1S/C17H20N2O3S/c1-11-18-14(10-23-11)17(20)19-8-4-5-15(19)13-7-6-12(21-2)9-16(13)22-3/h6-7,9-10,15H,4-5,8H2,1-3H3/t15-/m1/s1. The van der Waals surface area contributed by atoms with Gasteiger partial charge in [0.1, 0.15) is 17.2 Å². The van der Waals surface area contributed by atoms with Gasteiger partial charge < -0.3 is 14.4 Å². The van der Waals surface area contributed by atoms with Crippen LogP contribution in [0, 0.1) is 6.92 Å². The van der Waals surface area contributed by atoms with Crippen LogP contribution in [0.2, 0.25) is 0 Å². The molecular weight excluding hydrogens is 312 g/mol. The molecule has 3 rings (SSSR count). The van der Waals surface area contributed by atoms with E-state index in [4.69, 9.17) is 9.47 Å². The zero-order valence-corrected chi connectivity index (χ0v) is 14.4. The van der Waals surface area contributed by atoms with Crippen LogP contribution in [0.4, 0.5) is 0 Å². The van der Waals surface area contributed by atoms with Gasteiger partial charge in [-0.1, -0.05) is 0 Å². The van der Waals surface area contributed by atoms with Crippen molar-refractivity contribution in [2.75, 3.05) is 20.8 Å². The van der Waals surface area contributed by atoms with E-state index in [1.54, 1.807) is 14.2 Å². The first-order valence-corrected chi connectivity index (χ1v) is 8.47. The molecule has 1 aromatic heterocycles. The lowest BCUT2D eigenvalue weighted by atomic mass is 10.0. The topological polar surface area (TPSA) is 51.7 Å². The van der Waals surface area contributed by atoms with Gasteiger partial charge >= 0.3 is 0 Å². The lowest BCUT2D eigenvalue weighted by Gasteiger charge is -2.26. The fourth-order valence-corrected chi connectivity index (χ4v) is 3.62. The average Bonchev–Trinajstić information content (AvgIpc) is 3.22. The molecule has 5 nitrogen and oxygen atoms in total. The molecule has 0 N–H and O–H groups in total. The zero-order valence-electron chi connectivity index (χ0n) is 13.5. The number of ether oxygens (including phenoxy) is 2. The highest BCUT2D eigenvalue weighted by Gasteiger charge is 2.33. The van der Waals surface area contributed by atoms with E-state index in [-0.39, 0.29) is 11.9 Å². The number of thiazole rings is 1. The van der Waals surface area contributed by atoms with E-state index in [1.165, 1.54) is 11.3 Å². The van der Waals surface area contributed by atoms with Crippen LogP contribution >= 0.6 is 11.3 Å². The summed E-state index contributed by atoms with van der Waals surface area (Å²) in [6.07, 6.45) is 1.91. The van der Waals surface area contributed by atoms with Gasteiger partial charge in [-0.05, 0) is 31.9 Å². The van der Waals surface area contributed by atoms with Crippen molar-refractivity contribution in [3.8, 4) is 11.5 Å². The maximum Gasteiger partial charge on any atom is 0.273 e. The molecule has 23 heavy (non-hydrogen) atoms. The second-order valence-corrected chi connectivity index (χ2v) is 6.58. The number of likely N-dealkylation sites (tertiary alicyclic amines) is 1. The average molecular weight is 332 g/mol. The minimum atomic E-state index is -0.00489. The smallest absolute Gasteiger partial charge is 0.273 e. The van der Waals surface area contributed by atoms with Crippen molar-refractivity contribution in [1.29, 1.82) is 0 Å². The normalized spacial score (nSPS) is 17.3. The van der Waals surface area contributed by atoms with Crippen molar-refractivity contribution < 1.29 is 14.3 Å². The summed E-state index contributed by atoms with van der Waals surface area (Å²) >= 11 is 1.50. The Labute approximate surface area is 139 Å². The maximum atomic E-state index is 12.8. The largest absolute Gasteiger partial charge is 0.497 e. The fourth-order valence-electron chi connectivity index (χ4n) is 3.04. The summed E-state index contributed by atoms with van der Waals surface area (Å²) in [4.78, 5) is 19.0. The predicted octanol–water partition coefficient (Wildman–Crippen LogP) is 3.45. The molecule has 2 aromatic rings. The van der Waals surface area contributed by atoms with Crippen LogP contribution in [0.1, 0.15) is 39.9 Å². The van der Waals surface area contributed by atoms with Crippen LogP contribution in [-0.4, -0.2) is 36.6 Å². The highest BCUT2D eigenvalue weighted by Crippen LogP contribution is 2.39. The third-order valence-electron chi connectivity index (χ3n) is 4.15. The number of aryl methyl sites for hydroxylation is 1. The molecule has 1 aliphatic heterocycles. The summed E-state index contributed by atoms with van der Waals surface area (Å²) in [6, 6.07) is 5.78. The Balaban J connectivity index is 1.91. The molecule has 0 bridgehead atoms. The van der Waals surface area contributed by atoms with Gasteiger partial charge in [-0.2, -0.15) is 0 Å². The number of nitrogens with zero attached hydrogens (tertiary/aromatic N) is 2. The monoisotopic (exact) mass is 332 g/mol. The number of hydrogen-bond donors (Lipinski definition) is 0. The summed E-state index contributed by atoms with van der Waals surface area (Å²) in [7, 11) is 3.27. The van der Waals surface area contributed by atoms with Crippen LogP contribution in [0.15, 0.2) is 23.6 Å². The Hall–Kier alpha value is -2.08. The van der Waals surface area contributed by atoms with Gasteiger partial charge in [0.25, 0.3) is 5.91 Å². The minimum Gasteiger partial charge on any atom is -0.497 e. The lowest BCUT2D eigenvalue weighted by molar-refractivity contribution is 0.0729. The maximum absolute atomic E-state index is 12.8. The van der Waals surface area contributed by atoms with E-state index in [9.17, 15) is 4.79 Å². The Bertz CT molecular complexity index is 714. The van der Waals surface area contributed by atoms with Crippen LogP contribution in [0.3, 0.4) is 0 Å². The molecule has 0 spiro atoms. The van der Waals surface area contributed by atoms with Gasteiger partial charge in [0.2, 0.25) is 0 Å². The van der Waals surface area contributed by atoms with E-state index in [2.05, 4.69) is 4.98 Å². The van der Waals surface area contributed by atoms with Crippen molar-refractivity contribution in [3.63, 3.8) is 0 Å². The van der Waals surface area contributed by atoms with Crippen molar-refractivity contribution in [2.45, 2.75) is 25.8 Å². The van der Waals surface area contributed by atoms with E-state index in [1.807, 2.05) is 35.4 Å². The van der Waals surface area contributed by atoms with E-state index >= 15 is 0 Å². The molecule has 0 radical (unpaired) electrons. The zero-order chi connectivity index (χ0) is 16.4. The Morgan fingerprint density at radius 3 is 2.83 bits per heavy atom. The van der Waals surface area contributed by atoms with Crippen molar-refractivity contribution >= 4 is 17.2 Å². The molecule has 1 aliphatic rings. The molecule has 1 fully saturated rings. The molecular formula is C17H20N2O3S. The third kappa shape index (κ3) is 3.03. The summed E-state index contributed by atoms with van der Waals surface area (Å²) < 4.78 is 10.8. The summed E-state index contributed by atoms with van der Waals surface area (Å²) in [5, 5.41) is 2.74. The first-order valence-electron chi connectivity index (χ1n) is 7.59. The van der Waals surface area contributed by atoms with Gasteiger partial charge in [-0.25, -0.2) is 4.98 Å². The molecule has 2 heterocycles. The SMILES string of the molecule is COc1ccc([C@H]2CCCN2C(=O)c2csc(C)n2)c(OC)c1. The Morgan fingerprint density at radius 1 is 1.35 bits per heavy atom. The quantitative estimate of drug-likeness (QED) is 0.860. The number of methoxy groups -OCH3 is 2. The van der Waals surface area contributed by atoms with Gasteiger partial charge in [0.05, 0.1) is 25.3 Å².